The molecule has 0 atom stereocenters. The van der Waals surface area contributed by atoms with Gasteiger partial charge >= 0.3 is 0 Å². The molecule has 8 heteroatoms. The van der Waals surface area contributed by atoms with E-state index in [4.69, 9.17) is 23.2 Å². The molecule has 0 unspecified atom stereocenters. The van der Waals surface area contributed by atoms with Crippen molar-refractivity contribution in [1.29, 1.82) is 0 Å². The molecule has 106 valence electrons. The van der Waals surface area contributed by atoms with Crippen LogP contribution in [0.4, 0.5) is 10.1 Å². The quantitative estimate of drug-likeness (QED) is 0.872. The normalized spacial score (nSPS) is 11.4. The summed E-state index contributed by atoms with van der Waals surface area (Å²) in [5, 5.41) is 0.0491. The molecule has 0 aliphatic carbocycles. The summed E-state index contributed by atoms with van der Waals surface area (Å²) < 4.78 is 39.7. The number of pyridine rings is 1. The van der Waals surface area contributed by atoms with E-state index in [1.807, 2.05) is 0 Å². The predicted molar refractivity (Wildman–Crippen MR) is 76.2 cm³/mol. The van der Waals surface area contributed by atoms with Crippen LogP contribution >= 0.6 is 23.2 Å². The second-order valence-electron chi connectivity index (χ2n) is 4.01. The van der Waals surface area contributed by atoms with Crippen molar-refractivity contribution in [1.82, 2.24) is 4.98 Å². The largest absolute Gasteiger partial charge is 0.280 e. The van der Waals surface area contributed by atoms with E-state index >= 15 is 0 Å². The van der Waals surface area contributed by atoms with Gasteiger partial charge in [0.2, 0.25) is 0 Å². The van der Waals surface area contributed by atoms with Gasteiger partial charge in [0.15, 0.2) is 0 Å². The molecule has 0 saturated heterocycles. The first kappa shape index (κ1) is 15.0. The maximum Gasteiger partial charge on any atom is 0.263 e. The Hall–Kier alpha value is -1.37. The van der Waals surface area contributed by atoms with Gasteiger partial charge in [0.1, 0.15) is 15.9 Å². The highest BCUT2D eigenvalue weighted by Gasteiger charge is 2.16. The third-order valence-corrected chi connectivity index (χ3v) is 4.53. The molecule has 0 saturated carbocycles. The lowest BCUT2D eigenvalue weighted by Crippen LogP contribution is -2.13. The zero-order chi connectivity index (χ0) is 14.9. The van der Waals surface area contributed by atoms with Crippen LogP contribution in [0.25, 0.3) is 0 Å². The minimum absolute atomic E-state index is 0.0169. The lowest BCUT2D eigenvalue weighted by Gasteiger charge is -2.09. The van der Waals surface area contributed by atoms with Gasteiger partial charge in [-0.3, -0.25) is 4.72 Å². The van der Waals surface area contributed by atoms with Crippen molar-refractivity contribution in [2.45, 2.75) is 11.8 Å². The van der Waals surface area contributed by atoms with Gasteiger partial charge in [-0.1, -0.05) is 23.2 Å². The first-order valence-electron chi connectivity index (χ1n) is 5.39. The average Bonchev–Trinajstić information content (AvgIpc) is 2.37. The Kier molecular flexibility index (Phi) is 4.17. The van der Waals surface area contributed by atoms with E-state index < -0.39 is 15.8 Å². The molecule has 0 fully saturated rings. The highest BCUT2D eigenvalue weighted by atomic mass is 35.5. The Bertz CT molecular complexity index is 766. The van der Waals surface area contributed by atoms with Crippen LogP contribution in [0.1, 0.15) is 5.56 Å². The topological polar surface area (TPSA) is 59.1 Å². The second-order valence-corrected chi connectivity index (χ2v) is 6.46. The van der Waals surface area contributed by atoms with Crippen LogP contribution < -0.4 is 4.72 Å². The van der Waals surface area contributed by atoms with Gasteiger partial charge in [-0.2, -0.15) is 0 Å². The van der Waals surface area contributed by atoms with Crippen LogP contribution in [-0.4, -0.2) is 13.4 Å². The third kappa shape index (κ3) is 3.20. The van der Waals surface area contributed by atoms with Crippen LogP contribution in [-0.2, 0) is 10.0 Å². The number of sulfonamides is 1. The van der Waals surface area contributed by atoms with Crippen LogP contribution in [0, 0.1) is 12.7 Å². The number of aryl methyl sites for hydroxylation is 1. The Morgan fingerprint density at radius 2 is 1.95 bits per heavy atom. The van der Waals surface area contributed by atoms with Crippen molar-refractivity contribution >= 4 is 38.9 Å². The predicted octanol–water partition coefficient (Wildman–Crippen LogP) is 3.64. The fraction of sp³-hybridized carbons (Fsp3) is 0.0833. The summed E-state index contributed by atoms with van der Waals surface area (Å²) in [6.07, 6.45) is 1.09. The molecule has 1 N–H and O–H groups in total. The zero-order valence-corrected chi connectivity index (χ0v) is 12.5. The van der Waals surface area contributed by atoms with E-state index in [0.717, 1.165) is 6.20 Å². The maximum atomic E-state index is 13.1. The van der Waals surface area contributed by atoms with Crippen molar-refractivity contribution < 1.29 is 12.8 Å². The van der Waals surface area contributed by atoms with Crippen molar-refractivity contribution in [2.75, 3.05) is 4.72 Å². The average molecular weight is 335 g/mol. The number of nitrogens with one attached hydrogen (secondary N) is 1. The Labute approximate surface area is 125 Å². The van der Waals surface area contributed by atoms with Crippen molar-refractivity contribution in [3.05, 3.63) is 52.0 Å². The van der Waals surface area contributed by atoms with Crippen molar-refractivity contribution in [3.8, 4) is 0 Å². The van der Waals surface area contributed by atoms with Crippen molar-refractivity contribution in [2.24, 2.45) is 0 Å². The highest BCUT2D eigenvalue weighted by Crippen LogP contribution is 2.24. The number of rotatable bonds is 3. The number of hydrogen-bond acceptors (Lipinski definition) is 3. The fourth-order valence-corrected chi connectivity index (χ4v) is 2.83. The van der Waals surface area contributed by atoms with Crippen LogP contribution in [0.2, 0.25) is 10.2 Å². The molecule has 0 spiro atoms. The monoisotopic (exact) mass is 334 g/mol. The molecule has 0 aliphatic rings. The summed E-state index contributed by atoms with van der Waals surface area (Å²) in [6.45, 7) is 1.54. The van der Waals surface area contributed by atoms with E-state index in [1.165, 1.54) is 31.2 Å². The smallest absolute Gasteiger partial charge is 0.263 e. The van der Waals surface area contributed by atoms with E-state index in [-0.39, 0.29) is 20.8 Å². The molecule has 2 rings (SSSR count). The SMILES string of the molecule is Cc1cc(NS(=O)(=O)c2cnc(Cl)c(Cl)c2)ccc1F. The maximum absolute atomic E-state index is 13.1. The summed E-state index contributed by atoms with van der Waals surface area (Å²) in [5.41, 5.74) is 0.576. The zero-order valence-electron chi connectivity index (χ0n) is 10.2. The molecule has 0 aliphatic heterocycles. The lowest BCUT2D eigenvalue weighted by atomic mass is 10.2. The van der Waals surface area contributed by atoms with Gasteiger partial charge in [0, 0.05) is 11.9 Å². The second kappa shape index (κ2) is 5.55. The molecule has 20 heavy (non-hydrogen) atoms. The fourth-order valence-electron chi connectivity index (χ4n) is 1.47. The van der Waals surface area contributed by atoms with E-state index in [9.17, 15) is 12.8 Å². The number of benzene rings is 1. The van der Waals surface area contributed by atoms with Crippen LogP contribution in [0.3, 0.4) is 0 Å². The first-order valence-corrected chi connectivity index (χ1v) is 7.63. The summed E-state index contributed by atoms with van der Waals surface area (Å²) in [6, 6.07) is 5.08. The molecular weight excluding hydrogens is 326 g/mol. The van der Waals surface area contributed by atoms with Gasteiger partial charge in [-0.05, 0) is 36.8 Å². The molecule has 0 radical (unpaired) electrons. The Morgan fingerprint density at radius 1 is 1.25 bits per heavy atom. The van der Waals surface area contributed by atoms with E-state index in [0.29, 0.717) is 5.56 Å². The lowest BCUT2D eigenvalue weighted by molar-refractivity contribution is 0.600. The minimum Gasteiger partial charge on any atom is -0.280 e. The van der Waals surface area contributed by atoms with E-state index in [2.05, 4.69) is 9.71 Å². The first-order chi connectivity index (χ1) is 9.29. The van der Waals surface area contributed by atoms with Crippen LogP contribution in [0.5, 0.6) is 0 Å². The summed E-state index contributed by atoms with van der Waals surface area (Å²) in [7, 11) is -3.86. The molecule has 0 bridgehead atoms. The molecule has 4 nitrogen and oxygen atoms in total. The molecule has 0 amide bonds. The number of halogens is 3. The third-order valence-electron chi connectivity index (χ3n) is 2.49. The van der Waals surface area contributed by atoms with Gasteiger partial charge in [0.25, 0.3) is 10.0 Å². The van der Waals surface area contributed by atoms with Crippen LogP contribution in [0.15, 0.2) is 35.4 Å². The summed E-state index contributed by atoms with van der Waals surface area (Å²) in [4.78, 5) is 3.54. The number of hydrogen-bond donors (Lipinski definition) is 1. The van der Waals surface area contributed by atoms with Gasteiger partial charge in [-0.25, -0.2) is 17.8 Å². The van der Waals surface area contributed by atoms with Gasteiger partial charge < -0.3 is 0 Å². The number of nitrogens with zero attached hydrogens (tertiary/aromatic N) is 1. The molecule has 1 aromatic heterocycles. The standard InChI is InChI=1S/C12H9Cl2FN2O2S/c1-7-4-8(2-3-11(7)15)17-20(18,19)9-5-10(13)12(14)16-6-9/h2-6,17H,1H3. The molecule has 1 aromatic carbocycles. The molecule has 2 aromatic rings. The van der Waals surface area contributed by atoms with Gasteiger partial charge in [-0.15, -0.1) is 0 Å². The minimum atomic E-state index is -3.86. The molecule has 1 heterocycles. The highest BCUT2D eigenvalue weighted by molar-refractivity contribution is 7.92. The van der Waals surface area contributed by atoms with E-state index in [1.54, 1.807) is 0 Å². The summed E-state index contributed by atoms with van der Waals surface area (Å²) >= 11 is 11.4. The van der Waals surface area contributed by atoms with Crippen molar-refractivity contribution in [3.63, 3.8) is 0 Å². The number of anilines is 1. The number of aromatic nitrogens is 1. The Balaban J connectivity index is 2.35. The van der Waals surface area contributed by atoms with Gasteiger partial charge in [0.05, 0.1) is 5.02 Å². The molecular formula is C12H9Cl2FN2O2S. The Morgan fingerprint density at radius 3 is 2.55 bits per heavy atom. The summed E-state index contributed by atoms with van der Waals surface area (Å²) in [5.74, 6) is -0.413.